The van der Waals surface area contributed by atoms with Gasteiger partial charge in [-0.25, -0.2) is 0 Å². The predicted octanol–water partition coefficient (Wildman–Crippen LogP) is 1.45. The topological polar surface area (TPSA) is 38.1 Å². The molecule has 0 N–H and O–H groups in total. The number of likely N-dealkylation sites (tertiary alicyclic amines) is 2. The van der Waals surface area contributed by atoms with Crippen molar-refractivity contribution in [2.75, 3.05) is 47.0 Å². The molecule has 21 heavy (non-hydrogen) atoms. The molecule has 1 aromatic rings. The van der Waals surface area contributed by atoms with Gasteiger partial charge in [-0.2, -0.15) is 0 Å². The maximum atomic E-state index is 5.74. The molecule has 3 heterocycles. The van der Waals surface area contributed by atoms with E-state index in [0.717, 1.165) is 45.8 Å². The molecule has 1 aromatic heterocycles. The van der Waals surface area contributed by atoms with Gasteiger partial charge in [-0.05, 0) is 12.5 Å². The van der Waals surface area contributed by atoms with Gasteiger partial charge in [-0.1, -0.05) is 0 Å². The molecule has 0 aliphatic carbocycles. The number of methoxy groups -OCH3 is 2. The molecule has 0 unspecified atom stereocenters. The average Bonchev–Trinajstić information content (AvgIpc) is 3.14. The average molecular weight is 294 g/mol. The van der Waals surface area contributed by atoms with Gasteiger partial charge in [-0.3, -0.25) is 9.80 Å². The van der Waals surface area contributed by atoms with E-state index in [1.807, 2.05) is 13.4 Å². The van der Waals surface area contributed by atoms with Crippen molar-refractivity contribution >= 4 is 0 Å². The number of ether oxygens (including phenoxy) is 2. The largest absolute Gasteiger partial charge is 0.472 e. The van der Waals surface area contributed by atoms with Crippen molar-refractivity contribution in [2.24, 2.45) is 5.92 Å². The molecular weight excluding hydrogens is 268 g/mol. The fourth-order valence-corrected chi connectivity index (χ4v) is 3.83. The molecule has 3 atom stereocenters. The minimum Gasteiger partial charge on any atom is -0.472 e. The van der Waals surface area contributed by atoms with Crippen molar-refractivity contribution < 1.29 is 13.9 Å². The fourth-order valence-electron chi connectivity index (χ4n) is 3.83. The number of hydrogen-bond acceptors (Lipinski definition) is 5. The summed E-state index contributed by atoms with van der Waals surface area (Å²) in [6.07, 6.45) is 5.12. The van der Waals surface area contributed by atoms with Crippen LogP contribution in [0.15, 0.2) is 23.0 Å². The number of hydrogen-bond donors (Lipinski definition) is 0. The Bertz CT molecular complexity index is 423. The van der Waals surface area contributed by atoms with E-state index < -0.39 is 0 Å². The molecule has 2 aliphatic heterocycles. The lowest BCUT2D eigenvalue weighted by Crippen LogP contribution is -2.50. The number of nitrogens with zero attached hydrogens (tertiary/aromatic N) is 2. The summed E-state index contributed by atoms with van der Waals surface area (Å²) in [6.45, 7) is 6.13. The summed E-state index contributed by atoms with van der Waals surface area (Å²) in [4.78, 5) is 5.11. The second-order valence-electron chi connectivity index (χ2n) is 6.15. The summed E-state index contributed by atoms with van der Waals surface area (Å²) in [7, 11) is 3.62. The summed E-state index contributed by atoms with van der Waals surface area (Å²) in [6, 6.07) is 2.64. The summed E-state index contributed by atoms with van der Waals surface area (Å²) in [5.74, 6) is 0.604. The van der Waals surface area contributed by atoms with Crippen LogP contribution in [0.3, 0.4) is 0 Å². The van der Waals surface area contributed by atoms with E-state index in [1.54, 1.807) is 13.4 Å². The highest BCUT2D eigenvalue weighted by molar-refractivity contribution is 5.07. The lowest BCUT2D eigenvalue weighted by molar-refractivity contribution is -0.0245. The Balaban J connectivity index is 1.66. The normalized spacial score (nSPS) is 30.7. The van der Waals surface area contributed by atoms with Gasteiger partial charge >= 0.3 is 0 Å². The Morgan fingerprint density at radius 3 is 2.95 bits per heavy atom. The first-order chi connectivity index (χ1) is 10.3. The molecule has 2 saturated heterocycles. The Labute approximate surface area is 126 Å². The highest BCUT2D eigenvalue weighted by Crippen LogP contribution is 2.33. The van der Waals surface area contributed by atoms with Crippen molar-refractivity contribution in [3.8, 4) is 0 Å². The second kappa shape index (κ2) is 6.92. The summed E-state index contributed by atoms with van der Waals surface area (Å²) < 4.78 is 16.2. The summed E-state index contributed by atoms with van der Waals surface area (Å²) >= 11 is 0. The molecule has 2 aliphatic rings. The highest BCUT2D eigenvalue weighted by Gasteiger charge is 2.44. The third-order valence-corrected chi connectivity index (χ3v) is 4.94. The van der Waals surface area contributed by atoms with Crippen LogP contribution in [0.5, 0.6) is 0 Å². The van der Waals surface area contributed by atoms with Crippen LogP contribution in [0.1, 0.15) is 12.0 Å². The van der Waals surface area contributed by atoms with Crippen molar-refractivity contribution in [2.45, 2.75) is 25.1 Å². The van der Waals surface area contributed by atoms with Crippen LogP contribution < -0.4 is 0 Å². The van der Waals surface area contributed by atoms with Crippen LogP contribution in [0.2, 0.25) is 0 Å². The van der Waals surface area contributed by atoms with Gasteiger partial charge in [0.25, 0.3) is 0 Å². The Morgan fingerprint density at radius 2 is 2.24 bits per heavy atom. The second-order valence-corrected chi connectivity index (χ2v) is 6.15. The molecule has 0 saturated carbocycles. The van der Waals surface area contributed by atoms with Crippen LogP contribution in [-0.2, 0) is 16.0 Å². The molecule has 2 fully saturated rings. The highest BCUT2D eigenvalue weighted by atomic mass is 16.5. The molecule has 0 radical (unpaired) electrons. The van der Waals surface area contributed by atoms with Gasteiger partial charge in [0.2, 0.25) is 0 Å². The Kier molecular flexibility index (Phi) is 4.95. The Morgan fingerprint density at radius 1 is 1.33 bits per heavy atom. The van der Waals surface area contributed by atoms with Gasteiger partial charge in [-0.15, -0.1) is 0 Å². The zero-order valence-electron chi connectivity index (χ0n) is 13.0. The van der Waals surface area contributed by atoms with Gasteiger partial charge in [0.1, 0.15) is 0 Å². The van der Waals surface area contributed by atoms with Crippen molar-refractivity contribution in [3.63, 3.8) is 0 Å². The first-order valence-electron chi connectivity index (χ1n) is 7.81. The smallest absolute Gasteiger partial charge is 0.0947 e. The molecule has 118 valence electrons. The number of furan rings is 1. The van der Waals surface area contributed by atoms with Crippen LogP contribution >= 0.6 is 0 Å². The standard InChI is InChI=1S/C16H26N2O3/c1-19-8-6-17-10-14-15(11-17)18(5-3-16(14)20-2)9-13-4-7-21-12-13/h4,7,12,14-16H,3,5-6,8-11H2,1-2H3/t14-,15+,16-/m1/s1. The van der Waals surface area contributed by atoms with Gasteiger partial charge in [0.15, 0.2) is 0 Å². The van der Waals surface area contributed by atoms with Crippen molar-refractivity contribution in [3.05, 3.63) is 24.2 Å². The van der Waals surface area contributed by atoms with Gasteiger partial charge < -0.3 is 13.9 Å². The van der Waals surface area contributed by atoms with Crippen LogP contribution in [-0.4, -0.2) is 69.0 Å². The molecule has 0 amide bonds. The van der Waals surface area contributed by atoms with Crippen LogP contribution in [0.4, 0.5) is 0 Å². The fraction of sp³-hybridized carbons (Fsp3) is 0.750. The lowest BCUT2D eigenvalue weighted by atomic mass is 9.89. The minimum atomic E-state index is 0.392. The first-order valence-corrected chi connectivity index (χ1v) is 7.81. The van der Waals surface area contributed by atoms with E-state index in [9.17, 15) is 0 Å². The zero-order chi connectivity index (χ0) is 14.7. The van der Waals surface area contributed by atoms with E-state index in [-0.39, 0.29) is 0 Å². The molecule has 5 heteroatoms. The van der Waals surface area contributed by atoms with E-state index >= 15 is 0 Å². The van der Waals surface area contributed by atoms with Crippen molar-refractivity contribution in [1.29, 1.82) is 0 Å². The number of fused-ring (bicyclic) bond motifs is 1. The SMILES string of the molecule is COCCN1C[C@H]2[C@H](OC)CCN(Cc3ccoc3)[C@H]2C1. The molecule has 5 nitrogen and oxygen atoms in total. The zero-order valence-corrected chi connectivity index (χ0v) is 13.0. The van der Waals surface area contributed by atoms with E-state index in [4.69, 9.17) is 13.9 Å². The number of piperidine rings is 1. The van der Waals surface area contributed by atoms with Gasteiger partial charge in [0.05, 0.1) is 25.2 Å². The van der Waals surface area contributed by atoms with E-state index in [2.05, 4.69) is 15.9 Å². The molecule has 0 spiro atoms. The number of rotatable bonds is 6. The van der Waals surface area contributed by atoms with E-state index in [0.29, 0.717) is 18.1 Å². The molecule has 3 rings (SSSR count). The van der Waals surface area contributed by atoms with Crippen molar-refractivity contribution in [1.82, 2.24) is 9.80 Å². The van der Waals surface area contributed by atoms with Crippen LogP contribution in [0, 0.1) is 5.92 Å². The monoisotopic (exact) mass is 294 g/mol. The maximum Gasteiger partial charge on any atom is 0.0947 e. The summed E-state index contributed by atoms with van der Waals surface area (Å²) in [5, 5.41) is 0. The molecule has 0 bridgehead atoms. The third kappa shape index (κ3) is 3.31. The maximum absolute atomic E-state index is 5.74. The van der Waals surface area contributed by atoms with Gasteiger partial charge in [0, 0.05) is 64.5 Å². The van der Waals surface area contributed by atoms with E-state index in [1.165, 1.54) is 5.56 Å². The first kappa shape index (κ1) is 15.0. The Hall–Kier alpha value is -0.880. The van der Waals surface area contributed by atoms with Crippen LogP contribution in [0.25, 0.3) is 0 Å². The predicted molar refractivity (Wildman–Crippen MR) is 80.1 cm³/mol. The lowest BCUT2D eigenvalue weighted by Gasteiger charge is -2.41. The molecular formula is C16H26N2O3. The minimum absolute atomic E-state index is 0.392. The molecule has 0 aromatic carbocycles. The summed E-state index contributed by atoms with van der Waals surface area (Å²) in [5.41, 5.74) is 1.26. The quantitative estimate of drug-likeness (QED) is 0.794. The third-order valence-electron chi connectivity index (χ3n) is 4.94.